The number of nitrogens with zero attached hydrogens (tertiary/aromatic N) is 3. The molecule has 1 N–H and O–H groups in total. The molecule has 1 aliphatic heterocycles. The summed E-state index contributed by atoms with van der Waals surface area (Å²) >= 11 is 0. The number of hydrogen-bond donors (Lipinski definition) is 1. The van der Waals surface area contributed by atoms with Crippen molar-refractivity contribution in [2.75, 3.05) is 11.4 Å². The maximum atomic E-state index is 13.9. The van der Waals surface area contributed by atoms with Crippen LogP contribution >= 0.6 is 0 Å². The number of para-hydroxylation sites is 1. The summed E-state index contributed by atoms with van der Waals surface area (Å²) in [5, 5.41) is 7.45. The summed E-state index contributed by atoms with van der Waals surface area (Å²) in [7, 11) is 0. The van der Waals surface area contributed by atoms with Gasteiger partial charge in [-0.05, 0) is 30.5 Å². The molecule has 1 unspecified atom stereocenters. The number of anilines is 2. The number of carbonyl (C=O) groups is 2. The SMILES string of the molecule is O=C(C1CCCN1C(=O)OCc1ccccc1)N(c1ccccc1)c1cc(-c2ccccc2)n[nH]1. The average Bonchev–Trinajstić information content (AvgIpc) is 3.60. The second kappa shape index (κ2) is 10.3. The van der Waals surface area contributed by atoms with Crippen molar-refractivity contribution in [2.24, 2.45) is 0 Å². The van der Waals surface area contributed by atoms with Gasteiger partial charge in [-0.25, -0.2) is 4.79 Å². The predicted molar refractivity (Wildman–Crippen MR) is 134 cm³/mol. The van der Waals surface area contributed by atoms with Crippen LogP contribution in [0.15, 0.2) is 97.1 Å². The van der Waals surface area contributed by atoms with E-state index in [1.54, 1.807) is 4.90 Å². The van der Waals surface area contributed by atoms with Crippen LogP contribution in [0.4, 0.5) is 16.3 Å². The van der Waals surface area contributed by atoms with Crippen molar-refractivity contribution in [3.05, 3.63) is 103 Å². The first kappa shape index (κ1) is 22.4. The fourth-order valence-corrected chi connectivity index (χ4v) is 4.34. The Balaban J connectivity index is 1.39. The zero-order valence-corrected chi connectivity index (χ0v) is 19.2. The number of benzene rings is 3. The molecule has 1 saturated heterocycles. The monoisotopic (exact) mass is 466 g/mol. The van der Waals surface area contributed by atoms with Gasteiger partial charge in [0.1, 0.15) is 18.5 Å². The molecule has 0 radical (unpaired) electrons. The minimum absolute atomic E-state index is 0.167. The van der Waals surface area contributed by atoms with Gasteiger partial charge in [0.25, 0.3) is 5.91 Å². The van der Waals surface area contributed by atoms with Crippen LogP contribution < -0.4 is 4.90 Å². The molecule has 3 aromatic carbocycles. The highest BCUT2D eigenvalue weighted by Gasteiger charge is 2.39. The molecule has 0 aliphatic carbocycles. The van der Waals surface area contributed by atoms with Gasteiger partial charge in [-0.1, -0.05) is 78.9 Å². The first-order chi connectivity index (χ1) is 17.2. The number of ether oxygens (including phenoxy) is 1. The zero-order valence-electron chi connectivity index (χ0n) is 19.2. The quantitative estimate of drug-likeness (QED) is 0.405. The van der Waals surface area contributed by atoms with Gasteiger partial charge in [-0.3, -0.25) is 19.7 Å². The number of amides is 2. The van der Waals surface area contributed by atoms with E-state index in [0.29, 0.717) is 24.5 Å². The van der Waals surface area contributed by atoms with E-state index in [1.807, 2.05) is 97.1 Å². The van der Waals surface area contributed by atoms with Crippen molar-refractivity contribution >= 4 is 23.5 Å². The molecule has 176 valence electrons. The molecule has 35 heavy (non-hydrogen) atoms. The normalized spacial score (nSPS) is 15.1. The minimum Gasteiger partial charge on any atom is -0.445 e. The molecule has 0 spiro atoms. The number of aromatic amines is 1. The van der Waals surface area contributed by atoms with Crippen molar-refractivity contribution in [3.63, 3.8) is 0 Å². The van der Waals surface area contributed by atoms with E-state index in [1.165, 1.54) is 4.90 Å². The molecule has 1 atom stereocenters. The molecule has 1 aliphatic rings. The van der Waals surface area contributed by atoms with Crippen LogP contribution in [0, 0.1) is 0 Å². The van der Waals surface area contributed by atoms with Gasteiger partial charge < -0.3 is 4.74 Å². The predicted octanol–water partition coefficient (Wildman–Crippen LogP) is 5.54. The van der Waals surface area contributed by atoms with Crippen LogP contribution in [-0.4, -0.2) is 39.7 Å². The fraction of sp³-hybridized carbons (Fsp3) is 0.179. The van der Waals surface area contributed by atoms with Crippen LogP contribution in [0.5, 0.6) is 0 Å². The number of carbonyl (C=O) groups excluding carboxylic acids is 2. The van der Waals surface area contributed by atoms with Gasteiger partial charge in [-0.15, -0.1) is 0 Å². The van der Waals surface area contributed by atoms with E-state index in [2.05, 4.69) is 10.2 Å². The van der Waals surface area contributed by atoms with Gasteiger partial charge in [0, 0.05) is 18.2 Å². The lowest BCUT2D eigenvalue weighted by atomic mass is 10.1. The summed E-state index contributed by atoms with van der Waals surface area (Å²) in [6.45, 7) is 0.644. The van der Waals surface area contributed by atoms with E-state index in [4.69, 9.17) is 4.74 Å². The van der Waals surface area contributed by atoms with Crippen LogP contribution in [0.25, 0.3) is 11.3 Å². The second-order valence-electron chi connectivity index (χ2n) is 8.41. The lowest BCUT2D eigenvalue weighted by molar-refractivity contribution is -0.121. The first-order valence-electron chi connectivity index (χ1n) is 11.7. The largest absolute Gasteiger partial charge is 0.445 e. The van der Waals surface area contributed by atoms with Crippen LogP contribution in [-0.2, 0) is 16.1 Å². The third kappa shape index (κ3) is 4.94. The van der Waals surface area contributed by atoms with Crippen molar-refractivity contribution < 1.29 is 14.3 Å². The maximum Gasteiger partial charge on any atom is 0.410 e. The molecule has 5 rings (SSSR count). The number of likely N-dealkylation sites (tertiary alicyclic amines) is 1. The van der Waals surface area contributed by atoms with Crippen molar-refractivity contribution in [1.82, 2.24) is 15.1 Å². The van der Waals surface area contributed by atoms with Gasteiger partial charge in [0.2, 0.25) is 0 Å². The van der Waals surface area contributed by atoms with Crippen molar-refractivity contribution in [2.45, 2.75) is 25.5 Å². The summed E-state index contributed by atoms with van der Waals surface area (Å²) in [4.78, 5) is 30.0. The molecule has 0 bridgehead atoms. The number of aromatic nitrogens is 2. The summed E-state index contributed by atoms with van der Waals surface area (Å²) in [6, 6.07) is 29.9. The molecule has 7 heteroatoms. The van der Waals surface area contributed by atoms with Crippen LogP contribution in [0.3, 0.4) is 0 Å². The standard InChI is InChI=1S/C28H26N4O3/c33-27(25-17-10-18-31(25)28(34)35-20-21-11-4-1-5-12-21)32(23-15-8-3-9-16-23)26-19-24(29-30-26)22-13-6-2-7-14-22/h1-9,11-16,19,25H,10,17-18,20H2,(H,29,30). The molecular formula is C28H26N4O3. The van der Waals surface area contributed by atoms with Gasteiger partial charge in [0.15, 0.2) is 0 Å². The highest BCUT2D eigenvalue weighted by atomic mass is 16.6. The smallest absolute Gasteiger partial charge is 0.410 e. The van der Waals surface area contributed by atoms with E-state index in [0.717, 1.165) is 23.2 Å². The van der Waals surface area contributed by atoms with Crippen molar-refractivity contribution in [3.8, 4) is 11.3 Å². The molecular weight excluding hydrogens is 440 g/mol. The lowest BCUT2D eigenvalue weighted by Gasteiger charge is -2.29. The molecule has 4 aromatic rings. The number of nitrogens with one attached hydrogen (secondary N) is 1. The molecule has 2 heterocycles. The van der Waals surface area contributed by atoms with Gasteiger partial charge in [0.05, 0.1) is 11.4 Å². The summed E-state index contributed by atoms with van der Waals surface area (Å²) in [6.07, 6.45) is 0.826. The Morgan fingerprint density at radius 3 is 2.31 bits per heavy atom. The molecule has 1 aromatic heterocycles. The summed E-state index contributed by atoms with van der Waals surface area (Å²) < 4.78 is 5.54. The molecule has 7 nitrogen and oxygen atoms in total. The number of rotatable bonds is 6. The Morgan fingerprint density at radius 1 is 0.943 bits per heavy atom. The fourth-order valence-electron chi connectivity index (χ4n) is 4.34. The number of hydrogen-bond acceptors (Lipinski definition) is 4. The molecule has 0 saturated carbocycles. The van der Waals surface area contributed by atoms with E-state index in [9.17, 15) is 9.59 Å². The number of H-pyrrole nitrogens is 1. The third-order valence-corrected chi connectivity index (χ3v) is 6.09. The van der Waals surface area contributed by atoms with E-state index >= 15 is 0 Å². The maximum absolute atomic E-state index is 13.9. The molecule has 1 fully saturated rings. The van der Waals surface area contributed by atoms with Crippen molar-refractivity contribution in [1.29, 1.82) is 0 Å². The topological polar surface area (TPSA) is 78.5 Å². The Labute approximate surface area is 204 Å². The highest BCUT2D eigenvalue weighted by Crippen LogP contribution is 2.31. The average molecular weight is 467 g/mol. The van der Waals surface area contributed by atoms with Crippen LogP contribution in [0.2, 0.25) is 0 Å². The van der Waals surface area contributed by atoms with Crippen LogP contribution in [0.1, 0.15) is 18.4 Å². The highest BCUT2D eigenvalue weighted by molar-refractivity contribution is 6.04. The Morgan fingerprint density at radius 2 is 1.60 bits per heavy atom. The summed E-state index contributed by atoms with van der Waals surface area (Å²) in [5.41, 5.74) is 3.28. The first-order valence-corrected chi connectivity index (χ1v) is 11.7. The third-order valence-electron chi connectivity index (χ3n) is 6.09. The second-order valence-corrected chi connectivity index (χ2v) is 8.41. The van der Waals surface area contributed by atoms with Gasteiger partial charge in [-0.2, -0.15) is 5.10 Å². The Bertz CT molecular complexity index is 1280. The Kier molecular flexibility index (Phi) is 6.57. The van der Waals surface area contributed by atoms with E-state index in [-0.39, 0.29) is 12.5 Å². The van der Waals surface area contributed by atoms with Gasteiger partial charge >= 0.3 is 6.09 Å². The Hall–Kier alpha value is -4.39. The lowest BCUT2D eigenvalue weighted by Crippen LogP contribution is -2.46. The molecule has 2 amide bonds. The summed E-state index contributed by atoms with van der Waals surface area (Å²) in [5.74, 6) is 0.346. The minimum atomic E-state index is -0.623. The van der Waals surface area contributed by atoms with E-state index < -0.39 is 12.1 Å². The zero-order chi connectivity index (χ0) is 24.0.